The minimum absolute atomic E-state index is 0.00369. The van der Waals surface area contributed by atoms with Crippen LogP contribution in [0, 0.1) is 5.92 Å². The molecular weight excluding hydrogens is 322 g/mol. The molecule has 1 atom stereocenters. The second kappa shape index (κ2) is 6.47. The van der Waals surface area contributed by atoms with E-state index in [9.17, 15) is 18.0 Å². The van der Waals surface area contributed by atoms with Crippen molar-refractivity contribution in [3.05, 3.63) is 34.7 Å². The van der Waals surface area contributed by atoms with Gasteiger partial charge in [-0.05, 0) is 18.2 Å². The number of rotatable bonds is 6. The van der Waals surface area contributed by atoms with Gasteiger partial charge in [0.25, 0.3) is 5.56 Å². The summed E-state index contributed by atoms with van der Waals surface area (Å²) in [6.07, 6.45) is 1.07. The predicted octanol–water partition coefficient (Wildman–Crippen LogP) is 0.654. The highest BCUT2D eigenvalue weighted by Gasteiger charge is 2.27. The molecule has 0 saturated heterocycles. The molecular formula is C14H17N3O5S. The van der Waals surface area contributed by atoms with Crippen molar-refractivity contribution in [1.82, 2.24) is 14.3 Å². The fourth-order valence-corrected chi connectivity index (χ4v) is 3.67. The highest BCUT2D eigenvalue weighted by Crippen LogP contribution is 2.20. The lowest BCUT2D eigenvalue weighted by Gasteiger charge is -2.22. The largest absolute Gasteiger partial charge is 0.481 e. The van der Waals surface area contributed by atoms with E-state index in [0.29, 0.717) is 11.0 Å². The monoisotopic (exact) mass is 339 g/mol. The Labute approximate surface area is 132 Å². The summed E-state index contributed by atoms with van der Waals surface area (Å²) in [5.41, 5.74) is 0.394. The van der Waals surface area contributed by atoms with Crippen LogP contribution >= 0.6 is 0 Å². The van der Waals surface area contributed by atoms with Crippen LogP contribution in [0.1, 0.15) is 13.8 Å². The Morgan fingerprint density at radius 2 is 2.13 bits per heavy atom. The predicted molar refractivity (Wildman–Crippen MR) is 83.6 cm³/mol. The minimum atomic E-state index is -3.84. The van der Waals surface area contributed by atoms with E-state index in [4.69, 9.17) is 5.11 Å². The number of aromatic amines is 1. The molecule has 1 heterocycles. The van der Waals surface area contributed by atoms with E-state index in [2.05, 4.69) is 9.97 Å². The maximum atomic E-state index is 12.7. The lowest BCUT2D eigenvalue weighted by atomic mass is 10.2. The topological polar surface area (TPSA) is 120 Å². The van der Waals surface area contributed by atoms with Gasteiger partial charge in [-0.25, -0.2) is 13.4 Å². The van der Waals surface area contributed by atoms with Crippen molar-refractivity contribution in [2.24, 2.45) is 5.92 Å². The van der Waals surface area contributed by atoms with E-state index in [1.165, 1.54) is 25.1 Å². The van der Waals surface area contributed by atoms with E-state index in [1.54, 1.807) is 6.92 Å². The summed E-state index contributed by atoms with van der Waals surface area (Å²) in [4.78, 5) is 28.6. The number of hydrogen-bond acceptors (Lipinski definition) is 5. The van der Waals surface area contributed by atoms with Crippen LogP contribution in [0.4, 0.5) is 0 Å². The molecule has 0 aliphatic rings. The molecule has 2 N–H and O–H groups in total. The molecule has 1 aromatic carbocycles. The molecule has 0 aliphatic carbocycles. The molecule has 0 bridgehead atoms. The zero-order chi connectivity index (χ0) is 17.2. The van der Waals surface area contributed by atoms with Gasteiger partial charge in [-0.1, -0.05) is 13.8 Å². The van der Waals surface area contributed by atoms with Crippen LogP contribution in [0.2, 0.25) is 0 Å². The third-order valence-corrected chi connectivity index (χ3v) is 5.37. The lowest BCUT2D eigenvalue weighted by Crippen LogP contribution is -2.36. The van der Waals surface area contributed by atoms with E-state index in [0.717, 1.165) is 10.5 Å². The van der Waals surface area contributed by atoms with Crippen LogP contribution in [0.5, 0.6) is 0 Å². The number of fused-ring (bicyclic) bond motifs is 1. The molecule has 2 aromatic rings. The van der Waals surface area contributed by atoms with Gasteiger partial charge in [0.2, 0.25) is 10.0 Å². The average Bonchev–Trinajstić information content (AvgIpc) is 2.51. The van der Waals surface area contributed by atoms with Gasteiger partial charge in [-0.2, -0.15) is 4.31 Å². The summed E-state index contributed by atoms with van der Waals surface area (Å²) in [6.45, 7) is 3.12. The van der Waals surface area contributed by atoms with Gasteiger partial charge in [0.05, 0.1) is 28.0 Å². The molecule has 9 heteroatoms. The van der Waals surface area contributed by atoms with E-state index in [1.807, 2.05) is 0 Å². The summed E-state index contributed by atoms with van der Waals surface area (Å²) < 4.78 is 26.4. The zero-order valence-electron chi connectivity index (χ0n) is 12.7. The van der Waals surface area contributed by atoms with Crippen molar-refractivity contribution < 1.29 is 18.3 Å². The Hall–Kier alpha value is -2.26. The second-order valence-electron chi connectivity index (χ2n) is 5.12. The average molecular weight is 339 g/mol. The molecule has 0 fully saturated rings. The summed E-state index contributed by atoms with van der Waals surface area (Å²) in [6, 6.07) is 4.18. The van der Waals surface area contributed by atoms with Crippen LogP contribution in [0.15, 0.2) is 34.1 Å². The Morgan fingerprint density at radius 1 is 1.43 bits per heavy atom. The zero-order valence-corrected chi connectivity index (χ0v) is 13.5. The first kappa shape index (κ1) is 17.1. The molecule has 0 aliphatic heterocycles. The van der Waals surface area contributed by atoms with Crippen molar-refractivity contribution in [2.45, 2.75) is 18.7 Å². The van der Waals surface area contributed by atoms with Crippen LogP contribution in [-0.2, 0) is 14.8 Å². The van der Waals surface area contributed by atoms with Gasteiger partial charge < -0.3 is 10.1 Å². The van der Waals surface area contributed by atoms with Gasteiger partial charge in [0.1, 0.15) is 0 Å². The van der Waals surface area contributed by atoms with Crippen molar-refractivity contribution in [3.8, 4) is 0 Å². The molecule has 0 saturated carbocycles. The first-order valence-electron chi connectivity index (χ1n) is 6.97. The van der Waals surface area contributed by atoms with E-state index in [-0.39, 0.29) is 23.5 Å². The number of nitrogens with one attached hydrogen (secondary N) is 1. The van der Waals surface area contributed by atoms with Crippen LogP contribution in [0.3, 0.4) is 0 Å². The van der Waals surface area contributed by atoms with Crippen LogP contribution in [-0.4, -0.2) is 46.9 Å². The van der Waals surface area contributed by atoms with Crippen LogP contribution in [0.25, 0.3) is 11.0 Å². The minimum Gasteiger partial charge on any atom is -0.481 e. The Bertz CT molecular complexity index is 891. The number of hydrogen-bond donors (Lipinski definition) is 2. The van der Waals surface area contributed by atoms with Crippen molar-refractivity contribution >= 4 is 27.0 Å². The first-order valence-corrected chi connectivity index (χ1v) is 8.41. The Morgan fingerprint density at radius 3 is 2.74 bits per heavy atom. The fraction of sp³-hybridized carbons (Fsp3) is 0.357. The smallest absolute Gasteiger partial charge is 0.307 e. The van der Waals surface area contributed by atoms with Crippen molar-refractivity contribution in [2.75, 3.05) is 13.1 Å². The number of sulfonamides is 1. The maximum Gasteiger partial charge on any atom is 0.307 e. The highest BCUT2D eigenvalue weighted by molar-refractivity contribution is 7.89. The Kier molecular flexibility index (Phi) is 4.81. The molecule has 0 unspecified atom stereocenters. The summed E-state index contributed by atoms with van der Waals surface area (Å²) >= 11 is 0. The van der Waals surface area contributed by atoms with Gasteiger partial charge >= 0.3 is 5.97 Å². The first-order chi connectivity index (χ1) is 10.8. The molecule has 0 radical (unpaired) electrons. The number of aromatic nitrogens is 2. The van der Waals surface area contributed by atoms with Gasteiger partial charge in [-0.15, -0.1) is 0 Å². The standard InChI is InChI=1S/C14H17N3O5S/c1-3-17(8-9(2)14(19)20)23(21,22)10-4-5-11-12(6-10)15-7-13(18)16-11/h4-7,9H,3,8H2,1-2H3,(H,16,18)(H,19,20)/t9-/m1/s1. The van der Waals surface area contributed by atoms with Gasteiger partial charge in [0, 0.05) is 13.1 Å². The van der Waals surface area contributed by atoms with Gasteiger partial charge in [0.15, 0.2) is 0 Å². The maximum absolute atomic E-state index is 12.7. The number of aliphatic carboxylic acids is 1. The summed E-state index contributed by atoms with van der Waals surface area (Å²) in [5, 5.41) is 8.96. The number of benzene rings is 1. The highest BCUT2D eigenvalue weighted by atomic mass is 32.2. The number of carboxylic acid groups (broad SMARTS) is 1. The normalized spacial score (nSPS) is 13.3. The number of nitrogens with zero attached hydrogens (tertiary/aromatic N) is 2. The van der Waals surface area contributed by atoms with Crippen molar-refractivity contribution in [1.29, 1.82) is 0 Å². The molecule has 124 valence electrons. The van der Waals surface area contributed by atoms with E-state index >= 15 is 0 Å². The molecule has 2 rings (SSSR count). The fourth-order valence-electron chi connectivity index (χ4n) is 2.11. The number of H-pyrrole nitrogens is 1. The van der Waals surface area contributed by atoms with Gasteiger partial charge in [-0.3, -0.25) is 9.59 Å². The summed E-state index contributed by atoms with van der Waals surface area (Å²) in [5.74, 6) is -1.88. The van der Waals surface area contributed by atoms with Crippen LogP contribution < -0.4 is 5.56 Å². The second-order valence-corrected chi connectivity index (χ2v) is 7.06. The SMILES string of the molecule is CCN(C[C@@H](C)C(=O)O)S(=O)(=O)c1ccc2[nH]c(=O)cnc2c1. The molecule has 0 amide bonds. The molecule has 23 heavy (non-hydrogen) atoms. The quantitative estimate of drug-likeness (QED) is 0.797. The molecule has 8 nitrogen and oxygen atoms in total. The molecule has 1 aromatic heterocycles. The molecule has 0 spiro atoms. The third kappa shape index (κ3) is 3.57. The lowest BCUT2D eigenvalue weighted by molar-refractivity contribution is -0.141. The van der Waals surface area contributed by atoms with Crippen molar-refractivity contribution in [3.63, 3.8) is 0 Å². The summed E-state index contributed by atoms with van der Waals surface area (Å²) in [7, 11) is -3.84. The third-order valence-electron chi connectivity index (χ3n) is 3.44. The number of carbonyl (C=O) groups is 1. The Balaban J connectivity index is 2.43. The van der Waals surface area contributed by atoms with E-state index < -0.39 is 21.9 Å². The number of carboxylic acids is 1.